The number of pyridine rings is 1. The van der Waals surface area contributed by atoms with E-state index in [0.29, 0.717) is 31.7 Å². The topological polar surface area (TPSA) is 122 Å². The fourth-order valence-corrected chi connectivity index (χ4v) is 4.17. The van der Waals surface area contributed by atoms with E-state index in [1.54, 1.807) is 12.4 Å². The lowest BCUT2D eigenvalue weighted by molar-refractivity contribution is -0.129. The van der Waals surface area contributed by atoms with Crippen molar-refractivity contribution in [2.24, 2.45) is 0 Å². The molecule has 5 heterocycles. The number of anilines is 3. The van der Waals surface area contributed by atoms with Crippen LogP contribution in [0.3, 0.4) is 0 Å². The van der Waals surface area contributed by atoms with Crippen molar-refractivity contribution in [1.82, 2.24) is 24.5 Å². The molecule has 3 aromatic heterocycles. The smallest absolute Gasteiger partial charge is 0.263 e. The molecular formula is C19H19FN8O2. The number of carbonyl (C=O) groups is 2. The van der Waals surface area contributed by atoms with Crippen LogP contribution in [0.2, 0.25) is 0 Å². The molecular weight excluding hydrogens is 391 g/mol. The normalized spacial score (nSPS) is 18.7. The number of amides is 2. The van der Waals surface area contributed by atoms with Crippen molar-refractivity contribution in [3.8, 4) is 0 Å². The van der Waals surface area contributed by atoms with Crippen molar-refractivity contribution in [1.29, 1.82) is 0 Å². The number of hydrogen-bond donors (Lipinski definition) is 2. The number of nitrogens with two attached hydrogens (primary N) is 1. The maximum absolute atomic E-state index is 13.4. The number of carbonyl (C=O) groups excluding carboxylic acids is 2. The first-order chi connectivity index (χ1) is 14.5. The first kappa shape index (κ1) is 18.3. The Morgan fingerprint density at radius 3 is 3.03 bits per heavy atom. The summed E-state index contributed by atoms with van der Waals surface area (Å²) < 4.78 is 14.5. The molecule has 2 saturated heterocycles. The molecule has 0 aromatic carbocycles. The molecule has 5 rings (SSSR count). The summed E-state index contributed by atoms with van der Waals surface area (Å²) in [5, 5.41) is 6.80. The first-order valence-electron chi connectivity index (χ1n) is 9.60. The molecule has 0 saturated carbocycles. The number of fused-ring (bicyclic) bond motifs is 2. The zero-order valence-electron chi connectivity index (χ0n) is 16.0. The van der Waals surface area contributed by atoms with Crippen LogP contribution in [0.1, 0.15) is 23.2 Å². The molecule has 154 valence electrons. The van der Waals surface area contributed by atoms with Crippen LogP contribution in [0.15, 0.2) is 30.9 Å². The van der Waals surface area contributed by atoms with Gasteiger partial charge < -0.3 is 20.9 Å². The van der Waals surface area contributed by atoms with Crippen molar-refractivity contribution < 1.29 is 14.0 Å². The third kappa shape index (κ3) is 2.98. The molecule has 0 spiro atoms. The van der Waals surface area contributed by atoms with Crippen molar-refractivity contribution >= 4 is 34.7 Å². The largest absolute Gasteiger partial charge is 0.381 e. The molecule has 1 atom stereocenters. The predicted molar refractivity (Wildman–Crippen MR) is 106 cm³/mol. The van der Waals surface area contributed by atoms with Crippen LogP contribution in [0.5, 0.6) is 0 Å². The van der Waals surface area contributed by atoms with Crippen LogP contribution in [0.25, 0.3) is 5.65 Å². The van der Waals surface area contributed by atoms with E-state index in [1.807, 2.05) is 11.0 Å². The summed E-state index contributed by atoms with van der Waals surface area (Å²) in [6.07, 6.45) is 6.75. The molecule has 0 radical (unpaired) electrons. The molecule has 0 unspecified atom stereocenters. The maximum Gasteiger partial charge on any atom is 0.263 e. The van der Waals surface area contributed by atoms with Crippen LogP contribution >= 0.6 is 0 Å². The summed E-state index contributed by atoms with van der Waals surface area (Å²) in [6, 6.07) is 2.01. The monoisotopic (exact) mass is 410 g/mol. The maximum atomic E-state index is 13.4. The third-order valence-electron chi connectivity index (χ3n) is 5.58. The predicted octanol–water partition coefficient (Wildman–Crippen LogP) is 0.909. The zero-order chi connectivity index (χ0) is 20.8. The lowest BCUT2D eigenvalue weighted by Crippen LogP contribution is -2.51. The number of nitrogens with zero attached hydrogens (tertiary/aromatic N) is 6. The number of halogens is 1. The number of aromatic nitrogens is 4. The zero-order valence-corrected chi connectivity index (χ0v) is 16.0. The van der Waals surface area contributed by atoms with Gasteiger partial charge in [-0.3, -0.25) is 14.6 Å². The second-order valence-corrected chi connectivity index (χ2v) is 7.37. The van der Waals surface area contributed by atoms with Gasteiger partial charge in [0.25, 0.3) is 5.91 Å². The van der Waals surface area contributed by atoms with E-state index in [0.717, 1.165) is 29.0 Å². The van der Waals surface area contributed by atoms with Gasteiger partial charge in [-0.25, -0.2) is 13.9 Å². The van der Waals surface area contributed by atoms with Gasteiger partial charge in [0.05, 0.1) is 30.0 Å². The van der Waals surface area contributed by atoms with Crippen LogP contribution in [0, 0.1) is 5.82 Å². The molecule has 2 amide bonds. The Bertz CT molecular complexity index is 1160. The minimum atomic E-state index is -0.587. The van der Waals surface area contributed by atoms with Gasteiger partial charge in [0.1, 0.15) is 5.56 Å². The summed E-state index contributed by atoms with van der Waals surface area (Å²) in [5.74, 6) is -0.939. The average molecular weight is 410 g/mol. The Labute approximate surface area is 170 Å². The number of nitrogen functional groups attached to an aromatic ring is 1. The van der Waals surface area contributed by atoms with Gasteiger partial charge in [0.2, 0.25) is 5.91 Å². The van der Waals surface area contributed by atoms with Crippen LogP contribution in [-0.2, 0) is 4.79 Å². The van der Waals surface area contributed by atoms with Crippen molar-refractivity contribution in [2.75, 3.05) is 35.6 Å². The first-order valence-corrected chi connectivity index (χ1v) is 9.60. The van der Waals surface area contributed by atoms with E-state index in [9.17, 15) is 14.0 Å². The molecule has 30 heavy (non-hydrogen) atoms. The van der Waals surface area contributed by atoms with E-state index in [1.165, 1.54) is 0 Å². The molecule has 2 fully saturated rings. The van der Waals surface area contributed by atoms with Gasteiger partial charge >= 0.3 is 0 Å². The van der Waals surface area contributed by atoms with Gasteiger partial charge in [-0.1, -0.05) is 0 Å². The summed E-state index contributed by atoms with van der Waals surface area (Å²) in [6.45, 7) is 2.00. The van der Waals surface area contributed by atoms with E-state index >= 15 is 0 Å². The Kier molecular flexibility index (Phi) is 4.23. The van der Waals surface area contributed by atoms with Gasteiger partial charge in [-0.2, -0.15) is 0 Å². The molecule has 2 aliphatic rings. The van der Waals surface area contributed by atoms with Gasteiger partial charge in [0.15, 0.2) is 17.3 Å². The molecule has 11 heteroatoms. The fourth-order valence-electron chi connectivity index (χ4n) is 4.17. The lowest BCUT2D eigenvalue weighted by atomic mass is 10.1. The molecule has 10 nitrogen and oxygen atoms in total. The average Bonchev–Trinajstić information content (AvgIpc) is 3.26. The minimum absolute atomic E-state index is 0.0471. The van der Waals surface area contributed by atoms with Gasteiger partial charge in [-0.15, -0.1) is 5.10 Å². The summed E-state index contributed by atoms with van der Waals surface area (Å²) in [7, 11) is 0. The summed E-state index contributed by atoms with van der Waals surface area (Å²) in [4.78, 5) is 37.1. The molecule has 0 aliphatic carbocycles. The quantitative estimate of drug-likeness (QED) is 0.658. The third-order valence-corrected chi connectivity index (χ3v) is 5.58. The highest BCUT2D eigenvalue weighted by atomic mass is 19.1. The van der Waals surface area contributed by atoms with Crippen molar-refractivity contribution in [2.45, 2.75) is 18.9 Å². The number of hydrogen-bond acceptors (Lipinski definition) is 7. The fraction of sp³-hybridized carbons (Fsp3) is 0.316. The second-order valence-electron chi connectivity index (χ2n) is 7.37. The minimum Gasteiger partial charge on any atom is -0.381 e. The highest BCUT2D eigenvalue weighted by Gasteiger charge is 2.36. The standard InChI is InChI=1S/C19H19FN8O2/c20-11-7-23-18-16(17(21)25-28(18)9-11)19(30)24-13-8-22-4-3-14(13)26-5-6-27-12(10-26)1-2-15(27)29/h3-4,7-9,12H,1-2,5-6,10H2,(H2,21,25)(H,24,30)/t12-/m0/s1. The highest BCUT2D eigenvalue weighted by Crippen LogP contribution is 2.31. The van der Waals surface area contributed by atoms with E-state index in [-0.39, 0.29) is 29.0 Å². The van der Waals surface area contributed by atoms with Gasteiger partial charge in [0, 0.05) is 38.3 Å². The molecule has 3 aromatic rings. The molecule has 0 bridgehead atoms. The molecule has 3 N–H and O–H groups in total. The molecule has 2 aliphatic heterocycles. The Morgan fingerprint density at radius 2 is 2.17 bits per heavy atom. The Morgan fingerprint density at radius 1 is 1.30 bits per heavy atom. The van der Waals surface area contributed by atoms with Crippen molar-refractivity contribution in [3.63, 3.8) is 0 Å². The van der Waals surface area contributed by atoms with E-state index in [4.69, 9.17) is 5.73 Å². The summed E-state index contributed by atoms with van der Waals surface area (Å²) in [5.41, 5.74) is 7.45. The number of piperazine rings is 1. The lowest BCUT2D eigenvalue weighted by Gasteiger charge is -2.39. The van der Waals surface area contributed by atoms with Crippen LogP contribution < -0.4 is 16.0 Å². The van der Waals surface area contributed by atoms with Gasteiger partial charge in [-0.05, 0) is 12.5 Å². The number of rotatable bonds is 3. The Balaban J connectivity index is 1.42. The van der Waals surface area contributed by atoms with E-state index < -0.39 is 11.7 Å². The van der Waals surface area contributed by atoms with Crippen LogP contribution in [-0.4, -0.2) is 62.0 Å². The summed E-state index contributed by atoms with van der Waals surface area (Å²) >= 11 is 0. The highest BCUT2D eigenvalue weighted by molar-refractivity contribution is 6.12. The number of nitrogens with one attached hydrogen (secondary N) is 1. The second kappa shape index (κ2) is 6.94. The Hall–Kier alpha value is -3.76. The van der Waals surface area contributed by atoms with E-state index in [2.05, 4.69) is 25.3 Å². The van der Waals surface area contributed by atoms with Crippen LogP contribution in [0.4, 0.5) is 21.6 Å². The van der Waals surface area contributed by atoms with Crippen molar-refractivity contribution in [3.05, 3.63) is 42.2 Å². The SMILES string of the molecule is Nc1nn2cc(F)cnc2c1C(=O)Nc1cnccc1N1CCN2C(=O)CC[C@H]2C1.